The van der Waals surface area contributed by atoms with E-state index >= 15 is 0 Å². The number of hydrogen-bond donors (Lipinski definition) is 0. The molecule has 11 rings (SSSR count). The fourth-order valence-corrected chi connectivity index (χ4v) is 9.37. The Morgan fingerprint density at radius 2 is 1.16 bits per heavy atom. The Balaban J connectivity index is 1.04. The molecule has 7 aromatic carbocycles. The molecule has 0 amide bonds. The van der Waals surface area contributed by atoms with E-state index < -0.39 is 0 Å². The minimum Gasteiger partial charge on any atom is -0.456 e. The van der Waals surface area contributed by atoms with E-state index in [0.29, 0.717) is 5.82 Å². The van der Waals surface area contributed by atoms with Crippen LogP contribution in [0.3, 0.4) is 0 Å². The number of furan rings is 1. The molecule has 260 valence electrons. The Kier molecular flexibility index (Phi) is 7.12. The number of fused-ring (bicyclic) bond motifs is 9. The summed E-state index contributed by atoms with van der Waals surface area (Å²) in [6, 6.07) is 53.7. The van der Waals surface area contributed by atoms with Crippen molar-refractivity contribution in [3.8, 4) is 56.2 Å². The first-order valence-electron chi connectivity index (χ1n) is 19.2. The van der Waals surface area contributed by atoms with Crippen molar-refractivity contribution in [2.45, 2.75) is 37.5 Å². The van der Waals surface area contributed by atoms with Crippen LogP contribution in [-0.4, -0.2) is 9.97 Å². The summed E-state index contributed by atoms with van der Waals surface area (Å²) in [5.74, 6) is 0.654. The highest BCUT2D eigenvalue weighted by molar-refractivity contribution is 6.05. The van der Waals surface area contributed by atoms with Crippen LogP contribution in [0.1, 0.15) is 43.2 Å². The Bertz CT molecular complexity index is 3050. The molecule has 2 heterocycles. The number of hydrogen-bond acceptors (Lipinski definition) is 3. The highest BCUT2D eigenvalue weighted by atomic mass is 16.3. The van der Waals surface area contributed by atoms with Gasteiger partial charge < -0.3 is 4.42 Å². The molecular weight excluding hydrogens is 671 g/mol. The highest BCUT2D eigenvalue weighted by Gasteiger charge is 2.43. The third kappa shape index (κ3) is 5.12. The number of rotatable bonds is 4. The van der Waals surface area contributed by atoms with Crippen LogP contribution in [0.4, 0.5) is 5.69 Å². The van der Waals surface area contributed by atoms with Crippen LogP contribution in [0.5, 0.6) is 0 Å². The first-order chi connectivity index (χ1) is 27.1. The van der Waals surface area contributed by atoms with E-state index in [9.17, 15) is 0 Å². The van der Waals surface area contributed by atoms with Crippen molar-refractivity contribution in [2.75, 3.05) is 0 Å². The van der Waals surface area contributed by atoms with Gasteiger partial charge in [0, 0.05) is 32.9 Å². The second kappa shape index (κ2) is 12.4. The van der Waals surface area contributed by atoms with Gasteiger partial charge in [-0.05, 0) is 99.5 Å². The number of aromatic nitrogens is 2. The molecule has 1 spiro atoms. The van der Waals surface area contributed by atoms with Crippen LogP contribution in [0, 0.1) is 6.57 Å². The van der Waals surface area contributed by atoms with Gasteiger partial charge in [-0.25, -0.2) is 14.8 Å². The predicted molar refractivity (Wildman–Crippen MR) is 224 cm³/mol. The minimum absolute atomic E-state index is 0.0332. The lowest BCUT2D eigenvalue weighted by Gasteiger charge is -2.36. The molecule has 0 radical (unpaired) electrons. The van der Waals surface area contributed by atoms with Crippen molar-refractivity contribution in [3.05, 3.63) is 174 Å². The molecule has 2 aliphatic carbocycles. The molecule has 4 heteroatoms. The standard InChI is InChI=1S/C51H35N3O/c1-52-39-20-23-41-40-21-18-35(28-44(40)51(45(41)30-39)24-7-2-8-25-51)34-12-9-13-36(27-34)46-31-47(37-17-16-32-10-3-4-11-33(32)26-37)54-50(53-46)38-19-22-43-42-14-5-6-15-48(42)55-49(43)29-38/h3-6,9-23,26-31H,2,7-8,24-25H2. The van der Waals surface area contributed by atoms with Gasteiger partial charge in [-0.3, -0.25) is 0 Å². The fourth-order valence-electron chi connectivity index (χ4n) is 9.37. The summed E-state index contributed by atoms with van der Waals surface area (Å²) in [7, 11) is 0. The van der Waals surface area contributed by atoms with Crippen LogP contribution in [-0.2, 0) is 5.41 Å². The van der Waals surface area contributed by atoms with E-state index in [1.165, 1.54) is 57.9 Å². The van der Waals surface area contributed by atoms with E-state index in [2.05, 4.69) is 132 Å². The second-order valence-electron chi connectivity index (χ2n) is 15.2. The van der Waals surface area contributed by atoms with Crippen LogP contribution in [0.15, 0.2) is 156 Å². The maximum atomic E-state index is 7.73. The molecule has 0 N–H and O–H groups in total. The monoisotopic (exact) mass is 705 g/mol. The van der Waals surface area contributed by atoms with Gasteiger partial charge in [0.05, 0.1) is 18.0 Å². The van der Waals surface area contributed by atoms with Gasteiger partial charge in [0.1, 0.15) is 11.2 Å². The Labute approximate surface area is 319 Å². The van der Waals surface area contributed by atoms with Crippen LogP contribution in [0.2, 0.25) is 0 Å². The lowest BCUT2D eigenvalue weighted by atomic mass is 9.67. The summed E-state index contributed by atoms with van der Waals surface area (Å²) in [5, 5.41) is 4.55. The largest absolute Gasteiger partial charge is 0.456 e. The van der Waals surface area contributed by atoms with E-state index in [1.54, 1.807) is 0 Å². The summed E-state index contributed by atoms with van der Waals surface area (Å²) in [5.41, 5.74) is 14.8. The lowest BCUT2D eigenvalue weighted by Crippen LogP contribution is -2.28. The first kappa shape index (κ1) is 31.7. The normalized spacial score (nSPS) is 14.3. The Morgan fingerprint density at radius 1 is 0.491 bits per heavy atom. The molecule has 2 aromatic heterocycles. The summed E-state index contributed by atoms with van der Waals surface area (Å²) >= 11 is 0. The summed E-state index contributed by atoms with van der Waals surface area (Å²) in [4.78, 5) is 14.3. The van der Waals surface area contributed by atoms with Crippen molar-refractivity contribution < 1.29 is 4.42 Å². The van der Waals surface area contributed by atoms with Crippen molar-refractivity contribution >= 4 is 38.4 Å². The van der Waals surface area contributed by atoms with Gasteiger partial charge in [-0.2, -0.15) is 0 Å². The zero-order valence-electron chi connectivity index (χ0n) is 30.2. The van der Waals surface area contributed by atoms with Crippen molar-refractivity contribution in [2.24, 2.45) is 0 Å². The van der Waals surface area contributed by atoms with Gasteiger partial charge in [0.15, 0.2) is 11.5 Å². The lowest BCUT2D eigenvalue weighted by molar-refractivity contribution is 0.353. The molecular formula is C51H35N3O. The molecule has 0 saturated heterocycles. The third-order valence-electron chi connectivity index (χ3n) is 12.1. The Hall–Kier alpha value is -6.83. The topological polar surface area (TPSA) is 43.3 Å². The summed E-state index contributed by atoms with van der Waals surface area (Å²) in [6.07, 6.45) is 5.93. The zero-order valence-corrected chi connectivity index (χ0v) is 30.2. The molecule has 4 nitrogen and oxygen atoms in total. The van der Waals surface area contributed by atoms with Crippen molar-refractivity contribution in [1.29, 1.82) is 0 Å². The summed E-state index contributed by atoms with van der Waals surface area (Å²) in [6.45, 7) is 7.73. The molecule has 9 aromatic rings. The molecule has 0 bridgehead atoms. The van der Waals surface area contributed by atoms with Crippen LogP contribution >= 0.6 is 0 Å². The van der Waals surface area contributed by atoms with Gasteiger partial charge in [-0.1, -0.05) is 128 Å². The second-order valence-corrected chi connectivity index (χ2v) is 15.2. The molecule has 55 heavy (non-hydrogen) atoms. The number of nitrogens with zero attached hydrogens (tertiary/aromatic N) is 3. The SMILES string of the molecule is [C-]#[N+]c1ccc2c(c1)C1(CCCCC1)c1cc(-c3cccc(-c4cc(-c5ccc6ccccc6c5)nc(-c5ccc6c(c5)oc5ccccc56)n4)c3)ccc1-2. The highest BCUT2D eigenvalue weighted by Crippen LogP contribution is 2.57. The molecule has 0 aliphatic heterocycles. The van der Waals surface area contributed by atoms with E-state index in [1.807, 2.05) is 24.3 Å². The predicted octanol–water partition coefficient (Wildman–Crippen LogP) is 14.0. The van der Waals surface area contributed by atoms with Crippen molar-refractivity contribution in [3.63, 3.8) is 0 Å². The van der Waals surface area contributed by atoms with E-state index in [4.69, 9.17) is 21.0 Å². The average molecular weight is 706 g/mol. The molecule has 0 atom stereocenters. The van der Waals surface area contributed by atoms with Crippen molar-refractivity contribution in [1.82, 2.24) is 9.97 Å². The van der Waals surface area contributed by atoms with Gasteiger partial charge in [0.2, 0.25) is 0 Å². The first-order valence-corrected chi connectivity index (χ1v) is 19.2. The van der Waals surface area contributed by atoms with E-state index in [-0.39, 0.29) is 5.41 Å². The molecule has 2 aliphatic rings. The van der Waals surface area contributed by atoms with Gasteiger partial charge in [-0.15, -0.1) is 0 Å². The molecule has 0 unspecified atom stereocenters. The Morgan fingerprint density at radius 3 is 2.02 bits per heavy atom. The molecule has 1 saturated carbocycles. The summed E-state index contributed by atoms with van der Waals surface area (Å²) < 4.78 is 6.29. The smallest absolute Gasteiger partial charge is 0.187 e. The maximum Gasteiger partial charge on any atom is 0.187 e. The quantitative estimate of drug-likeness (QED) is 0.171. The fraction of sp³-hybridized carbons (Fsp3) is 0.118. The number of benzene rings is 7. The molecule has 1 fully saturated rings. The number of para-hydroxylation sites is 1. The maximum absolute atomic E-state index is 7.73. The minimum atomic E-state index is -0.0332. The van der Waals surface area contributed by atoms with E-state index in [0.717, 1.165) is 74.1 Å². The third-order valence-corrected chi connectivity index (χ3v) is 12.1. The van der Waals surface area contributed by atoms with Gasteiger partial charge in [0.25, 0.3) is 0 Å². The van der Waals surface area contributed by atoms with Gasteiger partial charge >= 0.3 is 0 Å². The zero-order chi connectivity index (χ0) is 36.5. The average Bonchev–Trinajstić information content (AvgIpc) is 3.75. The van der Waals surface area contributed by atoms with Crippen LogP contribution < -0.4 is 0 Å². The van der Waals surface area contributed by atoms with Crippen LogP contribution in [0.25, 0.3) is 93.7 Å².